The highest BCUT2D eigenvalue weighted by Gasteiger charge is 2.17. The smallest absolute Gasteiger partial charge is 0.222 e. The van der Waals surface area contributed by atoms with Gasteiger partial charge in [0.2, 0.25) is 5.91 Å². The second kappa shape index (κ2) is 9.64. The molecular formula is C13H28N2O. The Labute approximate surface area is 101 Å². The number of nitrogens with zero attached hydrogens (tertiary/aromatic N) is 1. The molecule has 0 bridgehead atoms. The van der Waals surface area contributed by atoms with Crippen LogP contribution in [0.2, 0.25) is 0 Å². The fraction of sp³-hybridized carbons (Fsp3) is 0.923. The van der Waals surface area contributed by atoms with Gasteiger partial charge in [0, 0.05) is 19.0 Å². The monoisotopic (exact) mass is 228 g/mol. The lowest BCUT2D eigenvalue weighted by Gasteiger charge is -2.28. The van der Waals surface area contributed by atoms with Gasteiger partial charge >= 0.3 is 0 Å². The van der Waals surface area contributed by atoms with Crippen molar-refractivity contribution in [3.8, 4) is 0 Å². The number of amides is 1. The quantitative estimate of drug-likeness (QED) is 0.615. The van der Waals surface area contributed by atoms with E-state index in [1.807, 2.05) is 7.05 Å². The number of hydrogen-bond donors (Lipinski definition) is 1. The zero-order chi connectivity index (χ0) is 12.4. The van der Waals surface area contributed by atoms with E-state index >= 15 is 0 Å². The van der Waals surface area contributed by atoms with Crippen LogP contribution in [0.4, 0.5) is 0 Å². The van der Waals surface area contributed by atoms with Gasteiger partial charge in [0.05, 0.1) is 0 Å². The van der Waals surface area contributed by atoms with Gasteiger partial charge in [-0.05, 0) is 39.8 Å². The normalized spacial score (nSPS) is 12.5. The number of unbranched alkanes of at least 4 members (excludes halogenated alkanes) is 1. The molecule has 1 amide bonds. The summed E-state index contributed by atoms with van der Waals surface area (Å²) < 4.78 is 0. The Morgan fingerprint density at radius 2 is 2.00 bits per heavy atom. The summed E-state index contributed by atoms with van der Waals surface area (Å²) in [6.07, 6.45) is 4.92. The maximum Gasteiger partial charge on any atom is 0.222 e. The highest BCUT2D eigenvalue weighted by molar-refractivity contribution is 5.76. The molecular weight excluding hydrogens is 200 g/mol. The molecule has 0 aromatic carbocycles. The van der Waals surface area contributed by atoms with Crippen molar-refractivity contribution < 1.29 is 4.79 Å². The molecule has 0 saturated heterocycles. The Bertz CT molecular complexity index is 183. The Morgan fingerprint density at radius 3 is 2.50 bits per heavy atom. The van der Waals surface area contributed by atoms with Gasteiger partial charge in [-0.3, -0.25) is 4.79 Å². The summed E-state index contributed by atoms with van der Waals surface area (Å²) >= 11 is 0. The summed E-state index contributed by atoms with van der Waals surface area (Å²) in [6, 6.07) is 0.383. The third-order valence-corrected chi connectivity index (χ3v) is 3.01. The van der Waals surface area contributed by atoms with Crippen molar-refractivity contribution in [3.63, 3.8) is 0 Å². The van der Waals surface area contributed by atoms with Gasteiger partial charge in [-0.15, -0.1) is 0 Å². The van der Waals surface area contributed by atoms with Crippen LogP contribution < -0.4 is 5.32 Å². The first-order valence-electron chi connectivity index (χ1n) is 6.61. The summed E-state index contributed by atoms with van der Waals surface area (Å²) in [5.74, 6) is 0.318. The third kappa shape index (κ3) is 6.11. The molecule has 3 heteroatoms. The molecule has 16 heavy (non-hydrogen) atoms. The molecule has 0 radical (unpaired) electrons. The molecule has 0 fully saturated rings. The third-order valence-electron chi connectivity index (χ3n) is 3.01. The Kier molecular flexibility index (Phi) is 9.30. The molecule has 3 nitrogen and oxygen atoms in total. The molecule has 0 aliphatic heterocycles. The summed E-state index contributed by atoms with van der Waals surface area (Å²) in [4.78, 5) is 14.1. The fourth-order valence-electron chi connectivity index (χ4n) is 1.70. The van der Waals surface area contributed by atoms with Crippen LogP contribution in [-0.2, 0) is 4.79 Å². The van der Waals surface area contributed by atoms with Crippen LogP contribution in [0.25, 0.3) is 0 Å². The molecule has 1 atom stereocenters. The first kappa shape index (κ1) is 15.4. The van der Waals surface area contributed by atoms with E-state index in [1.54, 1.807) is 0 Å². The van der Waals surface area contributed by atoms with Gasteiger partial charge < -0.3 is 10.2 Å². The Morgan fingerprint density at radius 1 is 1.31 bits per heavy atom. The number of carbonyl (C=O) groups is 1. The van der Waals surface area contributed by atoms with Crippen molar-refractivity contribution in [3.05, 3.63) is 0 Å². The number of hydrogen-bond acceptors (Lipinski definition) is 2. The molecule has 0 saturated carbocycles. The second-order valence-electron chi connectivity index (χ2n) is 4.41. The van der Waals surface area contributed by atoms with Crippen molar-refractivity contribution >= 4 is 5.91 Å². The summed E-state index contributed by atoms with van der Waals surface area (Å²) in [5, 5.41) is 3.08. The predicted molar refractivity (Wildman–Crippen MR) is 69.5 cm³/mol. The predicted octanol–water partition coefficient (Wildman–Crippen LogP) is 2.41. The van der Waals surface area contributed by atoms with E-state index in [-0.39, 0.29) is 0 Å². The van der Waals surface area contributed by atoms with Crippen molar-refractivity contribution in [1.29, 1.82) is 0 Å². The van der Waals surface area contributed by atoms with Crippen LogP contribution >= 0.6 is 0 Å². The van der Waals surface area contributed by atoms with E-state index in [1.165, 1.54) is 0 Å². The van der Waals surface area contributed by atoms with E-state index in [4.69, 9.17) is 0 Å². The topological polar surface area (TPSA) is 32.3 Å². The molecule has 96 valence electrons. The molecule has 1 unspecified atom stereocenters. The molecule has 1 N–H and O–H groups in total. The lowest BCUT2D eigenvalue weighted by atomic mass is 10.1. The van der Waals surface area contributed by atoms with Gasteiger partial charge in [-0.25, -0.2) is 0 Å². The molecule has 0 aliphatic rings. The summed E-state index contributed by atoms with van der Waals surface area (Å²) in [7, 11) is 1.92. The molecule has 0 aliphatic carbocycles. The highest BCUT2D eigenvalue weighted by atomic mass is 16.2. The van der Waals surface area contributed by atoms with Crippen molar-refractivity contribution in [2.24, 2.45) is 0 Å². The van der Waals surface area contributed by atoms with Gasteiger partial charge in [-0.1, -0.05) is 20.3 Å². The minimum atomic E-state index is 0.318. The standard InChI is InChI=1S/C13H28N2O/c1-5-7-11-15(12(3)6-2)13(16)9-8-10-14-4/h12,14H,5-11H2,1-4H3. The molecule has 0 aromatic rings. The van der Waals surface area contributed by atoms with E-state index in [0.29, 0.717) is 18.4 Å². The van der Waals surface area contributed by atoms with Crippen LogP contribution in [0.5, 0.6) is 0 Å². The molecule has 0 aromatic heterocycles. The molecule has 0 rings (SSSR count). The minimum absolute atomic E-state index is 0.318. The lowest BCUT2D eigenvalue weighted by Crippen LogP contribution is -2.39. The van der Waals surface area contributed by atoms with E-state index in [0.717, 1.165) is 38.8 Å². The van der Waals surface area contributed by atoms with Gasteiger partial charge in [0.15, 0.2) is 0 Å². The van der Waals surface area contributed by atoms with Gasteiger partial charge in [0.1, 0.15) is 0 Å². The largest absolute Gasteiger partial charge is 0.340 e. The Hall–Kier alpha value is -0.570. The maximum atomic E-state index is 12.0. The second-order valence-corrected chi connectivity index (χ2v) is 4.41. The van der Waals surface area contributed by atoms with Crippen LogP contribution in [0.15, 0.2) is 0 Å². The van der Waals surface area contributed by atoms with Gasteiger partial charge in [-0.2, -0.15) is 0 Å². The molecule has 0 heterocycles. The SMILES string of the molecule is CCCCN(C(=O)CCCNC)C(C)CC. The van der Waals surface area contributed by atoms with Crippen LogP contribution in [-0.4, -0.2) is 37.0 Å². The first-order chi connectivity index (χ1) is 7.67. The molecule has 0 spiro atoms. The zero-order valence-electron chi connectivity index (χ0n) is 11.4. The zero-order valence-corrected chi connectivity index (χ0v) is 11.4. The lowest BCUT2D eigenvalue weighted by molar-refractivity contribution is -0.133. The fourth-order valence-corrected chi connectivity index (χ4v) is 1.70. The average molecular weight is 228 g/mol. The highest BCUT2D eigenvalue weighted by Crippen LogP contribution is 2.09. The summed E-state index contributed by atoms with van der Waals surface area (Å²) in [5.41, 5.74) is 0. The van der Waals surface area contributed by atoms with Crippen LogP contribution in [0.1, 0.15) is 52.9 Å². The van der Waals surface area contributed by atoms with Crippen molar-refractivity contribution in [2.45, 2.75) is 58.9 Å². The maximum absolute atomic E-state index is 12.0. The van der Waals surface area contributed by atoms with E-state index in [9.17, 15) is 4.79 Å². The minimum Gasteiger partial charge on any atom is -0.340 e. The van der Waals surface area contributed by atoms with Crippen LogP contribution in [0.3, 0.4) is 0 Å². The van der Waals surface area contributed by atoms with Crippen molar-refractivity contribution in [2.75, 3.05) is 20.1 Å². The number of rotatable bonds is 9. The number of carbonyl (C=O) groups excluding carboxylic acids is 1. The van der Waals surface area contributed by atoms with Gasteiger partial charge in [0.25, 0.3) is 0 Å². The van der Waals surface area contributed by atoms with Crippen LogP contribution in [0, 0.1) is 0 Å². The van der Waals surface area contributed by atoms with E-state index < -0.39 is 0 Å². The summed E-state index contributed by atoms with van der Waals surface area (Å²) in [6.45, 7) is 8.30. The first-order valence-corrected chi connectivity index (χ1v) is 6.61. The van der Waals surface area contributed by atoms with Crippen molar-refractivity contribution in [1.82, 2.24) is 10.2 Å². The Balaban J connectivity index is 4.09. The number of nitrogens with one attached hydrogen (secondary N) is 1. The average Bonchev–Trinajstić information content (AvgIpc) is 2.29. The van der Waals surface area contributed by atoms with E-state index in [2.05, 4.69) is 31.0 Å².